The highest BCUT2D eigenvalue weighted by Crippen LogP contribution is 2.24. The average molecular weight is 315 g/mol. The molecule has 2 N–H and O–H groups in total. The van der Waals surface area contributed by atoms with Crippen LogP contribution in [0.1, 0.15) is 25.8 Å². The molecule has 0 aliphatic rings. The van der Waals surface area contributed by atoms with Gasteiger partial charge in [-0.15, -0.1) is 0 Å². The molecule has 5 heteroatoms. The van der Waals surface area contributed by atoms with E-state index in [1.165, 1.54) is 6.92 Å². The predicted octanol–water partition coefficient (Wildman–Crippen LogP) is 2.76. The van der Waals surface area contributed by atoms with Gasteiger partial charge in [-0.2, -0.15) is 0 Å². The fourth-order valence-electron chi connectivity index (χ4n) is 2.42. The molecule has 2 aromatic rings. The molecule has 0 saturated heterocycles. The van der Waals surface area contributed by atoms with Crippen molar-refractivity contribution in [1.29, 1.82) is 0 Å². The number of rotatable bonds is 6. The van der Waals surface area contributed by atoms with E-state index in [1.54, 1.807) is 14.0 Å². The van der Waals surface area contributed by atoms with Crippen LogP contribution in [0.25, 0.3) is 10.8 Å². The molecule has 0 spiro atoms. The van der Waals surface area contributed by atoms with Crippen molar-refractivity contribution in [3.05, 3.63) is 42.0 Å². The van der Waals surface area contributed by atoms with Gasteiger partial charge in [0.05, 0.1) is 13.5 Å². The van der Waals surface area contributed by atoms with Crippen LogP contribution in [0.15, 0.2) is 36.4 Å². The molecule has 2 aromatic carbocycles. The van der Waals surface area contributed by atoms with Crippen LogP contribution in [0.2, 0.25) is 0 Å². The van der Waals surface area contributed by atoms with E-state index in [2.05, 4.69) is 5.32 Å². The number of carbonyl (C=O) groups is 2. The van der Waals surface area contributed by atoms with Crippen molar-refractivity contribution in [1.82, 2.24) is 5.32 Å². The van der Waals surface area contributed by atoms with Crippen molar-refractivity contribution in [2.24, 2.45) is 0 Å². The molecular formula is C18H21NO4. The van der Waals surface area contributed by atoms with Crippen molar-refractivity contribution < 1.29 is 19.4 Å². The largest absolute Gasteiger partial charge is 0.497 e. The standard InChI is InChI=1S/C18H21NO4/c1-4-18(2,17(21)22)19-16(20)10-13-7-5-6-12-8-9-14(23-3)11-15(12)13/h5-9,11H,4,10H2,1-3H3,(H,19,20)(H,21,22). The van der Waals surface area contributed by atoms with Crippen molar-refractivity contribution in [2.45, 2.75) is 32.2 Å². The van der Waals surface area contributed by atoms with E-state index in [-0.39, 0.29) is 12.3 Å². The minimum atomic E-state index is -1.25. The van der Waals surface area contributed by atoms with Crippen molar-refractivity contribution >= 4 is 22.6 Å². The molecule has 0 aromatic heterocycles. The third kappa shape index (κ3) is 3.62. The number of carboxylic acids is 1. The number of amides is 1. The second kappa shape index (κ2) is 6.69. The highest BCUT2D eigenvalue weighted by atomic mass is 16.5. The Kier molecular flexibility index (Phi) is 4.89. The molecule has 23 heavy (non-hydrogen) atoms. The number of hydrogen-bond donors (Lipinski definition) is 2. The molecule has 0 saturated carbocycles. The second-order valence-corrected chi connectivity index (χ2v) is 5.72. The summed E-state index contributed by atoms with van der Waals surface area (Å²) in [5.74, 6) is -0.630. The van der Waals surface area contributed by atoms with Gasteiger partial charge < -0.3 is 15.2 Å². The lowest BCUT2D eigenvalue weighted by molar-refractivity contribution is -0.146. The fraction of sp³-hybridized carbons (Fsp3) is 0.333. The van der Waals surface area contributed by atoms with Crippen LogP contribution in [-0.2, 0) is 16.0 Å². The molecule has 1 unspecified atom stereocenters. The molecule has 0 heterocycles. The minimum absolute atomic E-state index is 0.118. The lowest BCUT2D eigenvalue weighted by atomic mass is 9.97. The number of fused-ring (bicyclic) bond motifs is 1. The van der Waals surface area contributed by atoms with E-state index in [1.807, 2.05) is 36.4 Å². The number of carboxylic acid groups (broad SMARTS) is 1. The first-order chi connectivity index (χ1) is 10.9. The molecule has 0 aliphatic heterocycles. The molecule has 1 atom stereocenters. The first-order valence-corrected chi connectivity index (χ1v) is 7.49. The van der Waals surface area contributed by atoms with E-state index in [0.29, 0.717) is 12.2 Å². The Labute approximate surface area is 135 Å². The van der Waals surface area contributed by atoms with Gasteiger partial charge in [0, 0.05) is 0 Å². The highest BCUT2D eigenvalue weighted by molar-refractivity contribution is 5.93. The Hall–Kier alpha value is -2.56. The van der Waals surface area contributed by atoms with Gasteiger partial charge in [-0.1, -0.05) is 31.2 Å². The van der Waals surface area contributed by atoms with Gasteiger partial charge >= 0.3 is 5.97 Å². The van der Waals surface area contributed by atoms with E-state index in [9.17, 15) is 14.7 Å². The lowest BCUT2D eigenvalue weighted by Gasteiger charge is -2.24. The van der Waals surface area contributed by atoms with Gasteiger partial charge in [-0.05, 0) is 41.8 Å². The summed E-state index contributed by atoms with van der Waals surface area (Å²) in [7, 11) is 1.59. The first-order valence-electron chi connectivity index (χ1n) is 7.49. The van der Waals surface area contributed by atoms with Gasteiger partial charge in [0.1, 0.15) is 11.3 Å². The summed E-state index contributed by atoms with van der Waals surface area (Å²) in [5.41, 5.74) is -0.415. The van der Waals surface area contributed by atoms with Crippen molar-refractivity contribution in [3.63, 3.8) is 0 Å². The van der Waals surface area contributed by atoms with Crippen molar-refractivity contribution in [2.75, 3.05) is 7.11 Å². The van der Waals surface area contributed by atoms with Gasteiger partial charge in [-0.25, -0.2) is 4.79 Å². The second-order valence-electron chi connectivity index (χ2n) is 5.72. The Balaban J connectivity index is 2.27. The zero-order chi connectivity index (χ0) is 17.0. The average Bonchev–Trinajstić information content (AvgIpc) is 2.54. The summed E-state index contributed by atoms with van der Waals surface area (Å²) in [6.07, 6.45) is 0.435. The maximum Gasteiger partial charge on any atom is 0.329 e. The van der Waals surface area contributed by atoms with E-state index >= 15 is 0 Å². The summed E-state index contributed by atoms with van der Waals surface area (Å²) < 4.78 is 5.23. The number of aliphatic carboxylic acids is 1. The van der Waals surface area contributed by atoms with Crippen LogP contribution in [-0.4, -0.2) is 29.6 Å². The third-order valence-corrected chi connectivity index (χ3v) is 4.13. The third-order valence-electron chi connectivity index (χ3n) is 4.13. The molecule has 1 amide bonds. The van der Waals surface area contributed by atoms with Crippen molar-refractivity contribution in [3.8, 4) is 5.75 Å². The lowest BCUT2D eigenvalue weighted by Crippen LogP contribution is -2.52. The Bertz CT molecular complexity index is 741. The molecule has 122 valence electrons. The molecule has 5 nitrogen and oxygen atoms in total. The zero-order valence-electron chi connectivity index (χ0n) is 13.6. The number of hydrogen-bond acceptors (Lipinski definition) is 3. The summed E-state index contributed by atoms with van der Waals surface area (Å²) in [6, 6.07) is 11.4. The van der Waals surface area contributed by atoms with Crippen LogP contribution < -0.4 is 10.1 Å². The van der Waals surface area contributed by atoms with Gasteiger partial charge in [0.15, 0.2) is 0 Å². The van der Waals surface area contributed by atoms with Gasteiger partial charge in [0.25, 0.3) is 0 Å². The molecule has 0 fully saturated rings. The minimum Gasteiger partial charge on any atom is -0.497 e. The van der Waals surface area contributed by atoms with E-state index < -0.39 is 11.5 Å². The van der Waals surface area contributed by atoms with E-state index in [0.717, 1.165) is 16.3 Å². The molecular weight excluding hydrogens is 294 g/mol. The van der Waals surface area contributed by atoms with Gasteiger partial charge in [0.2, 0.25) is 5.91 Å². The molecule has 0 aliphatic carbocycles. The Morgan fingerprint density at radius 1 is 1.26 bits per heavy atom. The predicted molar refractivity (Wildman–Crippen MR) is 88.7 cm³/mol. The number of ether oxygens (including phenoxy) is 1. The Morgan fingerprint density at radius 3 is 2.61 bits per heavy atom. The Morgan fingerprint density at radius 2 is 2.00 bits per heavy atom. The zero-order valence-corrected chi connectivity index (χ0v) is 13.6. The topological polar surface area (TPSA) is 75.6 Å². The maximum atomic E-state index is 12.3. The van der Waals surface area contributed by atoms with E-state index in [4.69, 9.17) is 4.74 Å². The monoisotopic (exact) mass is 315 g/mol. The smallest absolute Gasteiger partial charge is 0.329 e. The fourth-order valence-corrected chi connectivity index (χ4v) is 2.42. The number of methoxy groups -OCH3 is 1. The molecule has 2 rings (SSSR count). The highest BCUT2D eigenvalue weighted by Gasteiger charge is 2.32. The van der Waals surface area contributed by atoms with Crippen LogP contribution >= 0.6 is 0 Å². The summed E-state index contributed by atoms with van der Waals surface area (Å²) >= 11 is 0. The first kappa shape index (κ1) is 16.8. The molecule has 0 bridgehead atoms. The summed E-state index contributed by atoms with van der Waals surface area (Å²) in [6.45, 7) is 3.25. The van der Waals surface area contributed by atoms with Crippen LogP contribution in [0.3, 0.4) is 0 Å². The van der Waals surface area contributed by atoms with Crippen LogP contribution in [0.5, 0.6) is 5.75 Å². The number of nitrogens with one attached hydrogen (secondary N) is 1. The summed E-state index contributed by atoms with van der Waals surface area (Å²) in [4.78, 5) is 23.6. The van der Waals surface area contributed by atoms with Gasteiger partial charge in [-0.3, -0.25) is 4.79 Å². The maximum absolute atomic E-state index is 12.3. The van der Waals surface area contributed by atoms with Crippen LogP contribution in [0, 0.1) is 0 Å². The SMILES string of the molecule is CCC(C)(NC(=O)Cc1cccc2ccc(OC)cc12)C(=O)O. The number of benzene rings is 2. The molecule has 0 radical (unpaired) electrons. The quantitative estimate of drug-likeness (QED) is 0.859. The normalized spacial score (nSPS) is 13.3. The van der Waals surface area contributed by atoms with Crippen LogP contribution in [0.4, 0.5) is 0 Å². The summed E-state index contributed by atoms with van der Waals surface area (Å²) in [5, 5.41) is 13.8. The number of carbonyl (C=O) groups excluding carboxylic acids is 1.